The van der Waals surface area contributed by atoms with Crippen LogP contribution in [-0.4, -0.2) is 10.4 Å². The minimum Gasteiger partial charge on any atom is -0.350 e. The Hall–Kier alpha value is -1.64. The monoisotopic (exact) mass is 231 g/mol. The molecule has 0 atom stereocenters. The highest BCUT2D eigenvalue weighted by molar-refractivity contribution is 6.09. The smallest absolute Gasteiger partial charge is 0.168 e. The lowest BCUT2D eigenvalue weighted by atomic mass is 9.80. The molecule has 17 heavy (non-hydrogen) atoms. The second-order valence-electron chi connectivity index (χ2n) is 4.81. The van der Waals surface area contributed by atoms with Crippen LogP contribution in [0.5, 0.6) is 0 Å². The van der Waals surface area contributed by atoms with E-state index in [2.05, 4.69) is 0 Å². The predicted molar refractivity (Wildman–Crippen MR) is 64.5 cm³/mol. The minimum atomic E-state index is -0.263. The van der Waals surface area contributed by atoms with Crippen molar-refractivity contribution in [1.29, 1.82) is 0 Å². The Labute approximate surface area is 99.0 Å². The Balaban J connectivity index is 2.13. The zero-order valence-electron chi connectivity index (χ0n) is 9.74. The van der Waals surface area contributed by atoms with Gasteiger partial charge in [-0.05, 0) is 31.0 Å². The van der Waals surface area contributed by atoms with Crippen LogP contribution < -0.4 is 0 Å². The van der Waals surface area contributed by atoms with Crippen molar-refractivity contribution in [3.8, 4) is 0 Å². The van der Waals surface area contributed by atoms with Crippen LogP contribution in [0.1, 0.15) is 29.6 Å². The van der Waals surface area contributed by atoms with Gasteiger partial charge in [-0.25, -0.2) is 4.39 Å². The molecule has 0 radical (unpaired) electrons. The molecule has 2 nitrogen and oxygen atoms in total. The van der Waals surface area contributed by atoms with E-state index in [1.165, 1.54) is 12.1 Å². The molecule has 0 bridgehead atoms. The highest BCUT2D eigenvalue weighted by Crippen LogP contribution is 2.32. The summed E-state index contributed by atoms with van der Waals surface area (Å²) in [6, 6.07) is 4.60. The number of rotatable bonds is 2. The van der Waals surface area contributed by atoms with Crippen LogP contribution in [0, 0.1) is 11.7 Å². The number of Topliss-reactive ketones (excluding diaryl/α,β-unsaturated/α-hetero) is 1. The van der Waals surface area contributed by atoms with E-state index in [9.17, 15) is 9.18 Å². The van der Waals surface area contributed by atoms with Gasteiger partial charge in [0.05, 0.1) is 5.52 Å². The molecule has 1 aliphatic rings. The number of ketones is 1. The standard InChI is InChI=1S/C14H14FNO/c1-16-8-12(14(17)9-3-2-4-9)11-6-5-10(15)7-13(11)16/h5-9H,2-4H2,1H3. The summed E-state index contributed by atoms with van der Waals surface area (Å²) in [4.78, 5) is 12.2. The molecular formula is C14H14FNO. The average molecular weight is 231 g/mol. The molecule has 3 heteroatoms. The Morgan fingerprint density at radius 2 is 2.18 bits per heavy atom. The number of carbonyl (C=O) groups excluding carboxylic acids is 1. The first kappa shape index (κ1) is 10.5. The molecule has 3 rings (SSSR count). The third kappa shape index (κ3) is 1.57. The first-order valence-corrected chi connectivity index (χ1v) is 5.95. The van der Waals surface area contributed by atoms with Crippen LogP contribution in [0.2, 0.25) is 0 Å². The van der Waals surface area contributed by atoms with Crippen molar-refractivity contribution >= 4 is 16.7 Å². The van der Waals surface area contributed by atoms with Gasteiger partial charge in [-0.1, -0.05) is 6.42 Å². The molecule has 1 aromatic carbocycles. The van der Waals surface area contributed by atoms with E-state index < -0.39 is 0 Å². The number of benzene rings is 1. The maximum atomic E-state index is 13.2. The van der Waals surface area contributed by atoms with Gasteiger partial charge in [0.15, 0.2) is 5.78 Å². The first-order valence-electron chi connectivity index (χ1n) is 5.95. The van der Waals surface area contributed by atoms with Crippen LogP contribution in [0.4, 0.5) is 4.39 Å². The van der Waals surface area contributed by atoms with Crippen molar-refractivity contribution < 1.29 is 9.18 Å². The Morgan fingerprint density at radius 1 is 1.41 bits per heavy atom. The normalized spacial score (nSPS) is 16.1. The largest absolute Gasteiger partial charge is 0.350 e. The van der Waals surface area contributed by atoms with E-state index in [0.29, 0.717) is 0 Å². The lowest BCUT2D eigenvalue weighted by molar-refractivity contribution is 0.0857. The molecule has 2 aromatic rings. The Morgan fingerprint density at radius 3 is 2.82 bits per heavy atom. The SMILES string of the molecule is Cn1cc(C(=O)C2CCC2)c2ccc(F)cc21. The summed E-state index contributed by atoms with van der Waals surface area (Å²) in [5.41, 5.74) is 1.53. The van der Waals surface area contributed by atoms with Gasteiger partial charge < -0.3 is 4.57 Å². The first-order chi connectivity index (χ1) is 8.16. The Kier molecular flexibility index (Phi) is 2.28. The van der Waals surface area contributed by atoms with Gasteiger partial charge >= 0.3 is 0 Å². The van der Waals surface area contributed by atoms with E-state index in [1.54, 1.807) is 6.07 Å². The number of hydrogen-bond acceptors (Lipinski definition) is 1. The summed E-state index contributed by atoms with van der Waals surface area (Å²) in [7, 11) is 1.85. The number of nitrogens with zero attached hydrogens (tertiary/aromatic N) is 1. The second kappa shape index (κ2) is 3.69. The molecule has 1 saturated carbocycles. The molecule has 0 N–H and O–H groups in total. The molecule has 1 fully saturated rings. The van der Waals surface area contributed by atoms with Crippen LogP contribution in [0.15, 0.2) is 24.4 Å². The van der Waals surface area contributed by atoms with Crippen LogP contribution >= 0.6 is 0 Å². The molecule has 1 aromatic heterocycles. The maximum Gasteiger partial charge on any atom is 0.168 e. The summed E-state index contributed by atoms with van der Waals surface area (Å²) < 4.78 is 15.0. The number of halogens is 1. The number of fused-ring (bicyclic) bond motifs is 1. The fourth-order valence-corrected chi connectivity index (χ4v) is 2.44. The summed E-state index contributed by atoms with van der Waals surface area (Å²) in [6.45, 7) is 0. The number of aromatic nitrogens is 1. The second-order valence-corrected chi connectivity index (χ2v) is 4.81. The van der Waals surface area contributed by atoms with Gasteiger partial charge in [0.2, 0.25) is 0 Å². The van der Waals surface area contributed by atoms with Gasteiger partial charge in [0.25, 0.3) is 0 Å². The Bertz CT molecular complexity index is 596. The van der Waals surface area contributed by atoms with Crippen molar-refractivity contribution in [2.45, 2.75) is 19.3 Å². The molecule has 0 amide bonds. The summed E-state index contributed by atoms with van der Waals surface area (Å²) in [5.74, 6) is 0.139. The van der Waals surface area contributed by atoms with E-state index >= 15 is 0 Å². The third-order valence-electron chi connectivity index (χ3n) is 3.69. The van der Waals surface area contributed by atoms with Gasteiger partial charge in [-0.2, -0.15) is 0 Å². The molecule has 1 heterocycles. The molecule has 0 spiro atoms. The summed E-state index contributed by atoms with van der Waals surface area (Å²) >= 11 is 0. The van der Waals surface area contributed by atoms with E-state index in [-0.39, 0.29) is 17.5 Å². The highest BCUT2D eigenvalue weighted by Gasteiger charge is 2.28. The van der Waals surface area contributed by atoms with E-state index in [1.807, 2.05) is 17.8 Å². The third-order valence-corrected chi connectivity index (χ3v) is 3.69. The van der Waals surface area contributed by atoms with Crippen molar-refractivity contribution in [3.63, 3.8) is 0 Å². The fourth-order valence-electron chi connectivity index (χ4n) is 2.44. The fraction of sp³-hybridized carbons (Fsp3) is 0.357. The van der Waals surface area contributed by atoms with Crippen LogP contribution in [0.3, 0.4) is 0 Å². The lowest BCUT2D eigenvalue weighted by Gasteiger charge is -2.23. The van der Waals surface area contributed by atoms with Crippen molar-refractivity contribution in [2.24, 2.45) is 13.0 Å². The van der Waals surface area contributed by atoms with E-state index in [0.717, 1.165) is 35.7 Å². The molecular weight excluding hydrogens is 217 g/mol. The highest BCUT2D eigenvalue weighted by atomic mass is 19.1. The molecule has 0 unspecified atom stereocenters. The van der Waals surface area contributed by atoms with Gasteiger partial charge in [0.1, 0.15) is 5.82 Å². The van der Waals surface area contributed by atoms with Crippen molar-refractivity contribution in [2.75, 3.05) is 0 Å². The summed E-state index contributed by atoms with van der Waals surface area (Å²) in [5, 5.41) is 0.866. The predicted octanol–water partition coefficient (Wildman–Crippen LogP) is 3.30. The number of aryl methyl sites for hydroxylation is 1. The number of carbonyl (C=O) groups is 1. The average Bonchev–Trinajstić information content (AvgIpc) is 2.53. The number of hydrogen-bond donors (Lipinski definition) is 0. The molecule has 0 saturated heterocycles. The minimum absolute atomic E-state index is 0.186. The summed E-state index contributed by atoms with van der Waals surface area (Å²) in [6.07, 6.45) is 4.97. The lowest BCUT2D eigenvalue weighted by Crippen LogP contribution is -2.21. The van der Waals surface area contributed by atoms with E-state index in [4.69, 9.17) is 0 Å². The van der Waals surface area contributed by atoms with Gasteiger partial charge in [-0.3, -0.25) is 4.79 Å². The van der Waals surface area contributed by atoms with Crippen LogP contribution in [-0.2, 0) is 7.05 Å². The quantitative estimate of drug-likeness (QED) is 0.727. The zero-order valence-corrected chi connectivity index (χ0v) is 9.74. The van der Waals surface area contributed by atoms with Crippen LogP contribution in [0.25, 0.3) is 10.9 Å². The molecule has 88 valence electrons. The molecule has 1 aliphatic carbocycles. The zero-order chi connectivity index (χ0) is 12.0. The maximum absolute atomic E-state index is 13.2. The van der Waals surface area contributed by atoms with Crippen molar-refractivity contribution in [3.05, 3.63) is 35.8 Å². The van der Waals surface area contributed by atoms with Crippen molar-refractivity contribution in [1.82, 2.24) is 4.57 Å². The topological polar surface area (TPSA) is 22.0 Å². The van der Waals surface area contributed by atoms with Gasteiger partial charge in [0, 0.05) is 30.1 Å². The van der Waals surface area contributed by atoms with Gasteiger partial charge in [-0.15, -0.1) is 0 Å². The molecule has 0 aliphatic heterocycles.